The fraction of sp³-hybridized carbons (Fsp3) is 0.158. The standard InChI is InChI=1S/C19H17N3O3/c1-23-14-8-7-11(9-16(14)25-3)17-13-10-20-19-12(18(13)22-21-17)5-4-6-15(19)24-2/h4-10H,1-3H3,(H,21,22). The number of hydrogen-bond acceptors (Lipinski definition) is 5. The highest BCUT2D eigenvalue weighted by atomic mass is 16.5. The van der Waals surface area contributed by atoms with Gasteiger partial charge >= 0.3 is 0 Å². The van der Waals surface area contributed by atoms with Crippen molar-refractivity contribution in [2.45, 2.75) is 0 Å². The van der Waals surface area contributed by atoms with Crippen LogP contribution in [0.4, 0.5) is 0 Å². The number of pyridine rings is 1. The highest BCUT2D eigenvalue weighted by Gasteiger charge is 2.15. The van der Waals surface area contributed by atoms with Gasteiger partial charge in [-0.05, 0) is 24.3 Å². The first-order valence-corrected chi connectivity index (χ1v) is 7.79. The number of nitrogens with zero attached hydrogens (tertiary/aromatic N) is 2. The van der Waals surface area contributed by atoms with E-state index in [1.807, 2.05) is 42.6 Å². The Kier molecular flexibility index (Phi) is 3.65. The summed E-state index contributed by atoms with van der Waals surface area (Å²) in [6.07, 6.45) is 1.82. The molecule has 0 saturated carbocycles. The van der Waals surface area contributed by atoms with Crippen LogP contribution in [0.1, 0.15) is 0 Å². The molecule has 0 aliphatic carbocycles. The zero-order valence-electron chi connectivity index (χ0n) is 14.2. The third-order valence-corrected chi connectivity index (χ3v) is 4.27. The van der Waals surface area contributed by atoms with E-state index in [0.717, 1.165) is 38.8 Å². The molecule has 0 bridgehead atoms. The summed E-state index contributed by atoms with van der Waals surface area (Å²) in [6, 6.07) is 11.6. The van der Waals surface area contributed by atoms with Gasteiger partial charge in [0.25, 0.3) is 0 Å². The van der Waals surface area contributed by atoms with Crippen LogP contribution in [0.25, 0.3) is 33.1 Å². The molecule has 126 valence electrons. The van der Waals surface area contributed by atoms with Crippen molar-refractivity contribution in [3.63, 3.8) is 0 Å². The molecule has 6 heteroatoms. The van der Waals surface area contributed by atoms with E-state index in [-0.39, 0.29) is 0 Å². The third kappa shape index (κ3) is 2.34. The van der Waals surface area contributed by atoms with Crippen molar-refractivity contribution >= 4 is 21.8 Å². The molecule has 0 fully saturated rings. The Morgan fingerprint density at radius 3 is 2.40 bits per heavy atom. The fourth-order valence-electron chi connectivity index (χ4n) is 3.04. The number of aromatic nitrogens is 3. The number of H-pyrrole nitrogens is 1. The van der Waals surface area contributed by atoms with Crippen LogP contribution in [-0.4, -0.2) is 36.5 Å². The van der Waals surface area contributed by atoms with Crippen LogP contribution in [0.15, 0.2) is 42.6 Å². The normalized spacial score (nSPS) is 11.0. The molecule has 6 nitrogen and oxygen atoms in total. The average molecular weight is 335 g/mol. The largest absolute Gasteiger partial charge is 0.494 e. The zero-order valence-corrected chi connectivity index (χ0v) is 14.2. The molecule has 0 aliphatic heterocycles. The Morgan fingerprint density at radius 2 is 1.64 bits per heavy atom. The van der Waals surface area contributed by atoms with E-state index in [9.17, 15) is 0 Å². The van der Waals surface area contributed by atoms with E-state index in [0.29, 0.717) is 11.5 Å². The molecule has 4 aromatic rings. The van der Waals surface area contributed by atoms with Gasteiger partial charge in [0.15, 0.2) is 11.5 Å². The number of methoxy groups -OCH3 is 3. The minimum absolute atomic E-state index is 0.659. The van der Waals surface area contributed by atoms with Gasteiger partial charge in [-0.15, -0.1) is 0 Å². The Hall–Kier alpha value is -3.28. The molecular formula is C19H17N3O3. The summed E-state index contributed by atoms with van der Waals surface area (Å²) in [7, 11) is 4.87. The second-order valence-electron chi connectivity index (χ2n) is 5.55. The highest BCUT2D eigenvalue weighted by molar-refractivity contribution is 6.09. The quantitative estimate of drug-likeness (QED) is 0.614. The summed E-state index contributed by atoms with van der Waals surface area (Å²) in [6.45, 7) is 0. The predicted molar refractivity (Wildman–Crippen MR) is 96.5 cm³/mol. The Balaban J connectivity index is 1.94. The molecule has 0 spiro atoms. The van der Waals surface area contributed by atoms with Crippen LogP contribution in [0.3, 0.4) is 0 Å². The molecule has 0 aliphatic rings. The molecule has 1 N–H and O–H groups in total. The second-order valence-corrected chi connectivity index (χ2v) is 5.55. The smallest absolute Gasteiger partial charge is 0.161 e. The molecular weight excluding hydrogens is 318 g/mol. The summed E-state index contributed by atoms with van der Waals surface area (Å²) < 4.78 is 16.1. The van der Waals surface area contributed by atoms with Crippen molar-refractivity contribution in [2.24, 2.45) is 0 Å². The van der Waals surface area contributed by atoms with Crippen molar-refractivity contribution in [1.29, 1.82) is 0 Å². The van der Waals surface area contributed by atoms with Crippen molar-refractivity contribution in [3.05, 3.63) is 42.6 Å². The number of aromatic amines is 1. The molecule has 2 aromatic heterocycles. The lowest BCUT2D eigenvalue weighted by Gasteiger charge is -2.09. The van der Waals surface area contributed by atoms with E-state index in [1.165, 1.54) is 0 Å². The summed E-state index contributed by atoms with van der Waals surface area (Å²) in [5.41, 5.74) is 3.47. The van der Waals surface area contributed by atoms with Crippen LogP contribution in [0, 0.1) is 0 Å². The molecule has 0 radical (unpaired) electrons. The minimum Gasteiger partial charge on any atom is -0.494 e. The molecule has 25 heavy (non-hydrogen) atoms. The molecule has 0 amide bonds. The summed E-state index contributed by atoms with van der Waals surface area (Å²) >= 11 is 0. The lowest BCUT2D eigenvalue weighted by molar-refractivity contribution is 0.355. The Morgan fingerprint density at radius 1 is 0.840 bits per heavy atom. The zero-order chi connectivity index (χ0) is 17.4. The van der Waals surface area contributed by atoms with Crippen LogP contribution >= 0.6 is 0 Å². The summed E-state index contributed by atoms with van der Waals surface area (Å²) in [5, 5.41) is 9.54. The predicted octanol–water partition coefficient (Wildman–Crippen LogP) is 3.80. The molecule has 0 atom stereocenters. The molecule has 2 aromatic carbocycles. The minimum atomic E-state index is 0.659. The monoisotopic (exact) mass is 335 g/mol. The number of hydrogen-bond donors (Lipinski definition) is 1. The van der Waals surface area contributed by atoms with Gasteiger partial charge in [0.05, 0.1) is 26.8 Å². The topological polar surface area (TPSA) is 69.3 Å². The van der Waals surface area contributed by atoms with E-state index in [1.54, 1.807) is 21.3 Å². The lowest BCUT2D eigenvalue weighted by atomic mass is 10.1. The van der Waals surface area contributed by atoms with Gasteiger partial charge in [-0.2, -0.15) is 5.10 Å². The maximum absolute atomic E-state index is 5.40. The number of benzene rings is 2. The van der Waals surface area contributed by atoms with Crippen LogP contribution in [0.2, 0.25) is 0 Å². The first-order chi connectivity index (χ1) is 12.3. The average Bonchev–Trinajstić information content (AvgIpc) is 3.11. The number of ether oxygens (including phenoxy) is 3. The molecule has 4 rings (SSSR count). The van der Waals surface area contributed by atoms with E-state index >= 15 is 0 Å². The highest BCUT2D eigenvalue weighted by Crippen LogP contribution is 2.36. The molecule has 2 heterocycles. The van der Waals surface area contributed by atoms with Gasteiger partial charge < -0.3 is 14.2 Å². The summed E-state index contributed by atoms with van der Waals surface area (Å²) in [5.74, 6) is 2.08. The number of para-hydroxylation sites is 1. The number of fused-ring (bicyclic) bond motifs is 3. The number of rotatable bonds is 4. The first-order valence-electron chi connectivity index (χ1n) is 7.79. The lowest BCUT2D eigenvalue weighted by Crippen LogP contribution is -1.91. The van der Waals surface area contributed by atoms with Gasteiger partial charge in [-0.3, -0.25) is 10.1 Å². The molecule has 0 saturated heterocycles. The number of nitrogens with one attached hydrogen (secondary N) is 1. The Labute approximate surface area is 144 Å². The van der Waals surface area contributed by atoms with Crippen molar-refractivity contribution in [1.82, 2.24) is 15.2 Å². The van der Waals surface area contributed by atoms with Crippen LogP contribution < -0.4 is 14.2 Å². The second kappa shape index (κ2) is 5.98. The van der Waals surface area contributed by atoms with Crippen molar-refractivity contribution in [2.75, 3.05) is 21.3 Å². The Bertz CT molecular complexity index is 1070. The third-order valence-electron chi connectivity index (χ3n) is 4.27. The maximum atomic E-state index is 5.40. The van der Waals surface area contributed by atoms with Gasteiger partial charge in [0.1, 0.15) is 17.0 Å². The van der Waals surface area contributed by atoms with Crippen LogP contribution in [-0.2, 0) is 0 Å². The van der Waals surface area contributed by atoms with E-state index in [4.69, 9.17) is 14.2 Å². The maximum Gasteiger partial charge on any atom is 0.161 e. The molecule has 0 unspecified atom stereocenters. The SMILES string of the molecule is COc1ccc(-c2n[nH]c3c2cnc2c(OC)cccc23)cc1OC. The fourth-order valence-corrected chi connectivity index (χ4v) is 3.04. The first kappa shape index (κ1) is 15.3. The van der Waals surface area contributed by atoms with Crippen LogP contribution in [0.5, 0.6) is 17.2 Å². The summed E-state index contributed by atoms with van der Waals surface area (Å²) in [4.78, 5) is 4.57. The van der Waals surface area contributed by atoms with Gasteiger partial charge in [-0.25, -0.2) is 0 Å². The van der Waals surface area contributed by atoms with E-state index in [2.05, 4.69) is 15.2 Å². The van der Waals surface area contributed by atoms with Gasteiger partial charge in [0.2, 0.25) is 0 Å². The van der Waals surface area contributed by atoms with Crippen molar-refractivity contribution in [3.8, 4) is 28.5 Å². The van der Waals surface area contributed by atoms with Crippen molar-refractivity contribution < 1.29 is 14.2 Å². The van der Waals surface area contributed by atoms with E-state index < -0.39 is 0 Å². The van der Waals surface area contributed by atoms with Gasteiger partial charge in [-0.1, -0.05) is 12.1 Å². The van der Waals surface area contributed by atoms with Gasteiger partial charge in [0, 0.05) is 22.5 Å².